The third-order valence-electron chi connectivity index (χ3n) is 3.79. The number of benzene rings is 2. The van der Waals surface area contributed by atoms with Crippen molar-refractivity contribution in [1.29, 1.82) is 0 Å². The van der Waals surface area contributed by atoms with Crippen LogP contribution in [-0.2, 0) is 14.8 Å². The third kappa shape index (κ3) is 6.04. The Morgan fingerprint density at radius 2 is 1.65 bits per heavy atom. The lowest BCUT2D eigenvalue weighted by Gasteiger charge is -2.22. The predicted molar refractivity (Wildman–Crippen MR) is 107 cm³/mol. The maximum absolute atomic E-state index is 12.2. The minimum Gasteiger partial charge on any atom is -0.326 e. The summed E-state index contributed by atoms with van der Waals surface area (Å²) in [6.07, 6.45) is 1.79. The number of halogens is 1. The van der Waals surface area contributed by atoms with E-state index in [0.717, 1.165) is 23.1 Å². The third-order valence-corrected chi connectivity index (χ3v) is 5.23. The first-order chi connectivity index (χ1) is 12.1. The average molecular weight is 395 g/mol. The monoisotopic (exact) mass is 394 g/mol. The molecule has 140 valence electrons. The van der Waals surface area contributed by atoms with Crippen molar-refractivity contribution in [3.05, 3.63) is 58.6 Å². The van der Waals surface area contributed by atoms with Crippen LogP contribution in [0.2, 0.25) is 5.02 Å². The number of anilines is 2. The Hall–Kier alpha value is -2.05. The van der Waals surface area contributed by atoms with Crippen LogP contribution in [0.4, 0.5) is 11.4 Å². The van der Waals surface area contributed by atoms with E-state index in [1.54, 1.807) is 24.3 Å². The van der Waals surface area contributed by atoms with Gasteiger partial charge in [-0.3, -0.25) is 9.10 Å². The Morgan fingerprint density at radius 3 is 2.19 bits per heavy atom. The molecule has 7 heteroatoms. The highest BCUT2D eigenvalue weighted by Gasteiger charge is 2.17. The van der Waals surface area contributed by atoms with E-state index in [2.05, 4.69) is 5.32 Å². The maximum Gasteiger partial charge on any atom is 0.232 e. The number of aryl methyl sites for hydroxylation is 2. The van der Waals surface area contributed by atoms with Crippen LogP contribution in [-0.4, -0.2) is 27.1 Å². The Labute approximate surface area is 160 Å². The number of carbonyl (C=O) groups excluding carboxylic acids is 1. The molecule has 2 rings (SSSR count). The van der Waals surface area contributed by atoms with Gasteiger partial charge in [-0.15, -0.1) is 0 Å². The van der Waals surface area contributed by atoms with Crippen LogP contribution >= 0.6 is 11.6 Å². The van der Waals surface area contributed by atoms with E-state index in [1.165, 1.54) is 4.31 Å². The van der Waals surface area contributed by atoms with Crippen molar-refractivity contribution in [2.24, 2.45) is 0 Å². The molecule has 2 aromatic carbocycles. The van der Waals surface area contributed by atoms with Gasteiger partial charge in [0, 0.05) is 23.7 Å². The summed E-state index contributed by atoms with van der Waals surface area (Å²) >= 11 is 5.85. The van der Waals surface area contributed by atoms with Crippen LogP contribution < -0.4 is 9.62 Å². The normalized spacial score (nSPS) is 11.2. The Balaban J connectivity index is 1.96. The number of nitrogens with zero attached hydrogens (tertiary/aromatic N) is 1. The molecule has 0 saturated carbocycles. The molecule has 1 N–H and O–H groups in total. The molecule has 0 unspecified atom stereocenters. The summed E-state index contributed by atoms with van der Waals surface area (Å²) in [7, 11) is -3.44. The second kappa shape index (κ2) is 8.56. The molecule has 0 heterocycles. The van der Waals surface area contributed by atoms with Gasteiger partial charge in [0.05, 0.1) is 11.9 Å². The number of sulfonamides is 1. The summed E-state index contributed by atoms with van der Waals surface area (Å²) < 4.78 is 25.4. The van der Waals surface area contributed by atoms with E-state index in [-0.39, 0.29) is 18.9 Å². The van der Waals surface area contributed by atoms with E-state index < -0.39 is 10.0 Å². The lowest BCUT2D eigenvalue weighted by Crippen LogP contribution is -2.31. The summed E-state index contributed by atoms with van der Waals surface area (Å²) in [5.74, 6) is -0.139. The highest BCUT2D eigenvalue weighted by atomic mass is 35.5. The number of amides is 1. The fourth-order valence-electron chi connectivity index (χ4n) is 2.75. The van der Waals surface area contributed by atoms with Crippen molar-refractivity contribution in [1.82, 2.24) is 0 Å². The first-order valence-electron chi connectivity index (χ1n) is 8.26. The standard InChI is InChI=1S/C19H23ClN2O3S/c1-14-11-15(2)13-17(12-14)21-19(23)5-4-10-22(26(3,24)25)18-8-6-16(20)7-9-18/h6-9,11-13H,4-5,10H2,1-3H3,(H,21,23). The van der Waals surface area contributed by atoms with Gasteiger partial charge in [-0.1, -0.05) is 17.7 Å². The lowest BCUT2D eigenvalue weighted by atomic mass is 10.1. The fraction of sp³-hybridized carbons (Fsp3) is 0.316. The van der Waals surface area contributed by atoms with Crippen LogP contribution in [0.5, 0.6) is 0 Å². The van der Waals surface area contributed by atoms with Gasteiger partial charge in [0.2, 0.25) is 15.9 Å². The van der Waals surface area contributed by atoms with Crippen molar-refractivity contribution < 1.29 is 13.2 Å². The number of carbonyl (C=O) groups is 1. The molecule has 0 saturated heterocycles. The predicted octanol–water partition coefficient (Wildman–Crippen LogP) is 4.14. The van der Waals surface area contributed by atoms with Gasteiger partial charge < -0.3 is 5.32 Å². The Bertz CT molecular complexity index is 860. The minimum atomic E-state index is -3.44. The van der Waals surface area contributed by atoms with Gasteiger partial charge >= 0.3 is 0 Å². The summed E-state index contributed by atoms with van der Waals surface area (Å²) in [5, 5.41) is 3.40. The van der Waals surface area contributed by atoms with E-state index in [4.69, 9.17) is 11.6 Å². The van der Waals surface area contributed by atoms with Crippen LogP contribution in [0.1, 0.15) is 24.0 Å². The SMILES string of the molecule is Cc1cc(C)cc(NC(=O)CCCN(c2ccc(Cl)cc2)S(C)(=O)=O)c1. The van der Waals surface area contributed by atoms with Crippen LogP contribution in [0.15, 0.2) is 42.5 Å². The fourth-order valence-corrected chi connectivity index (χ4v) is 3.84. The number of hydrogen-bond donors (Lipinski definition) is 1. The van der Waals surface area contributed by atoms with Crippen molar-refractivity contribution in [2.75, 3.05) is 22.4 Å². The zero-order valence-electron chi connectivity index (χ0n) is 15.1. The zero-order valence-corrected chi connectivity index (χ0v) is 16.7. The molecule has 2 aromatic rings. The van der Waals surface area contributed by atoms with Gasteiger partial charge in [-0.2, -0.15) is 0 Å². The molecule has 26 heavy (non-hydrogen) atoms. The van der Waals surface area contributed by atoms with E-state index >= 15 is 0 Å². The first-order valence-corrected chi connectivity index (χ1v) is 10.5. The van der Waals surface area contributed by atoms with Crippen LogP contribution in [0.25, 0.3) is 0 Å². The van der Waals surface area contributed by atoms with E-state index in [0.29, 0.717) is 17.1 Å². The lowest BCUT2D eigenvalue weighted by molar-refractivity contribution is -0.116. The Morgan fingerprint density at radius 1 is 1.08 bits per heavy atom. The summed E-state index contributed by atoms with van der Waals surface area (Å²) in [6.45, 7) is 4.16. The van der Waals surface area contributed by atoms with Crippen LogP contribution in [0.3, 0.4) is 0 Å². The molecule has 0 aliphatic carbocycles. The molecular formula is C19H23ClN2O3S. The second-order valence-electron chi connectivity index (χ2n) is 6.34. The van der Waals surface area contributed by atoms with Gasteiger partial charge in [-0.25, -0.2) is 8.42 Å². The minimum absolute atomic E-state index is 0.139. The highest BCUT2D eigenvalue weighted by molar-refractivity contribution is 7.92. The zero-order chi connectivity index (χ0) is 19.3. The summed E-state index contributed by atoms with van der Waals surface area (Å²) in [4.78, 5) is 12.2. The number of hydrogen-bond acceptors (Lipinski definition) is 3. The molecule has 0 atom stereocenters. The smallest absolute Gasteiger partial charge is 0.232 e. The Kier molecular flexibility index (Phi) is 6.67. The highest BCUT2D eigenvalue weighted by Crippen LogP contribution is 2.21. The van der Waals surface area contributed by atoms with Gasteiger partial charge in [0.25, 0.3) is 0 Å². The van der Waals surface area contributed by atoms with Crippen molar-refractivity contribution in [3.8, 4) is 0 Å². The van der Waals surface area contributed by atoms with Gasteiger partial charge in [-0.05, 0) is 67.8 Å². The van der Waals surface area contributed by atoms with E-state index in [1.807, 2.05) is 32.0 Å². The molecule has 0 radical (unpaired) electrons. The molecule has 1 amide bonds. The molecule has 0 aromatic heterocycles. The number of rotatable bonds is 7. The average Bonchev–Trinajstić information content (AvgIpc) is 2.50. The topological polar surface area (TPSA) is 66.5 Å². The van der Waals surface area contributed by atoms with Crippen molar-refractivity contribution in [2.45, 2.75) is 26.7 Å². The molecule has 0 aliphatic rings. The molecule has 0 bridgehead atoms. The van der Waals surface area contributed by atoms with E-state index in [9.17, 15) is 13.2 Å². The summed E-state index contributed by atoms with van der Waals surface area (Å²) in [6, 6.07) is 12.4. The van der Waals surface area contributed by atoms with Gasteiger partial charge in [0.15, 0.2) is 0 Å². The summed E-state index contributed by atoms with van der Waals surface area (Å²) in [5.41, 5.74) is 3.44. The molecule has 5 nitrogen and oxygen atoms in total. The molecular weight excluding hydrogens is 372 g/mol. The maximum atomic E-state index is 12.2. The first kappa shape index (κ1) is 20.3. The largest absolute Gasteiger partial charge is 0.326 e. The molecule has 0 aliphatic heterocycles. The number of nitrogens with one attached hydrogen (secondary N) is 1. The molecule has 0 fully saturated rings. The van der Waals surface area contributed by atoms with Gasteiger partial charge in [0.1, 0.15) is 0 Å². The quantitative estimate of drug-likeness (QED) is 0.767. The van der Waals surface area contributed by atoms with Crippen LogP contribution in [0, 0.1) is 13.8 Å². The molecule has 0 spiro atoms. The van der Waals surface area contributed by atoms with Crippen molar-refractivity contribution >= 4 is 38.9 Å². The van der Waals surface area contributed by atoms with Crippen molar-refractivity contribution in [3.63, 3.8) is 0 Å². The second-order valence-corrected chi connectivity index (χ2v) is 8.68.